The van der Waals surface area contributed by atoms with E-state index in [1.807, 2.05) is 37.6 Å². The number of fused-ring (bicyclic) bond motifs is 1. The maximum atomic E-state index is 14.3. The Labute approximate surface area is 200 Å². The summed E-state index contributed by atoms with van der Waals surface area (Å²) in [4.78, 5) is 22.9. The number of anilines is 1. The van der Waals surface area contributed by atoms with Gasteiger partial charge in [0.25, 0.3) is 5.91 Å². The van der Waals surface area contributed by atoms with Crippen LogP contribution in [0.5, 0.6) is 0 Å². The Bertz CT molecular complexity index is 1180. The summed E-state index contributed by atoms with van der Waals surface area (Å²) in [6.45, 7) is 13.7. The van der Waals surface area contributed by atoms with Crippen molar-refractivity contribution in [1.29, 1.82) is 0 Å². The third kappa shape index (κ3) is 4.78. The number of rotatable bonds is 6. The zero-order valence-electron chi connectivity index (χ0n) is 21.0. The molecule has 1 aliphatic heterocycles. The Morgan fingerprint density at radius 3 is 2.41 bits per heavy atom. The van der Waals surface area contributed by atoms with Crippen LogP contribution in [0.4, 0.5) is 10.1 Å². The molecule has 1 saturated heterocycles. The average molecular weight is 467 g/mol. The Balaban J connectivity index is 1.67. The third-order valence-corrected chi connectivity index (χ3v) is 6.56. The molecular weight excluding hydrogens is 431 g/mol. The standard InChI is InChI=1S/C26H35FN6O/c1-16(2)23-14-21(22-15-28-33(17(3)4)25(22)30-23)26(34)29-18(5)20-13-19(27)7-8-24(20)32-11-9-31(6)10-12-32/h7-8,13-18H,9-12H2,1-6H3,(H,29,34). The van der Waals surface area contributed by atoms with Crippen LogP contribution in [0.2, 0.25) is 0 Å². The summed E-state index contributed by atoms with van der Waals surface area (Å²) < 4.78 is 16.1. The maximum absolute atomic E-state index is 14.3. The lowest BCUT2D eigenvalue weighted by atomic mass is 10.0. The highest BCUT2D eigenvalue weighted by Gasteiger charge is 2.24. The second-order valence-electron chi connectivity index (χ2n) is 9.86. The van der Waals surface area contributed by atoms with Crippen LogP contribution in [0, 0.1) is 5.82 Å². The number of nitrogens with zero attached hydrogens (tertiary/aromatic N) is 5. The summed E-state index contributed by atoms with van der Waals surface area (Å²) in [5.41, 5.74) is 3.85. The summed E-state index contributed by atoms with van der Waals surface area (Å²) >= 11 is 0. The van der Waals surface area contributed by atoms with E-state index in [4.69, 9.17) is 4.98 Å². The molecule has 1 unspecified atom stereocenters. The Hall–Kier alpha value is -3.00. The predicted molar refractivity (Wildman–Crippen MR) is 134 cm³/mol. The number of hydrogen-bond acceptors (Lipinski definition) is 5. The quantitative estimate of drug-likeness (QED) is 0.579. The van der Waals surface area contributed by atoms with Crippen LogP contribution in [0.25, 0.3) is 11.0 Å². The van der Waals surface area contributed by atoms with E-state index >= 15 is 0 Å². The third-order valence-electron chi connectivity index (χ3n) is 6.56. The molecule has 0 spiro atoms. The van der Waals surface area contributed by atoms with Crippen molar-refractivity contribution < 1.29 is 9.18 Å². The topological polar surface area (TPSA) is 66.3 Å². The molecule has 0 bridgehead atoms. The minimum Gasteiger partial charge on any atom is -0.369 e. The maximum Gasteiger partial charge on any atom is 0.252 e. The van der Waals surface area contributed by atoms with E-state index in [2.05, 4.69) is 41.1 Å². The molecule has 1 aliphatic rings. The normalized spacial score (nSPS) is 16.0. The van der Waals surface area contributed by atoms with Crippen molar-refractivity contribution in [3.05, 3.63) is 53.1 Å². The van der Waals surface area contributed by atoms with Gasteiger partial charge in [-0.05, 0) is 58.0 Å². The lowest BCUT2D eigenvalue weighted by Gasteiger charge is -2.36. The number of likely N-dealkylation sites (N-methyl/N-ethyl adjacent to an activating group) is 1. The summed E-state index contributed by atoms with van der Waals surface area (Å²) in [6.07, 6.45) is 1.71. The highest BCUT2D eigenvalue weighted by molar-refractivity contribution is 6.05. The van der Waals surface area contributed by atoms with E-state index < -0.39 is 0 Å². The number of amides is 1. The highest BCUT2D eigenvalue weighted by Crippen LogP contribution is 2.30. The fourth-order valence-electron chi connectivity index (χ4n) is 4.46. The van der Waals surface area contributed by atoms with Gasteiger partial charge in [-0.15, -0.1) is 0 Å². The lowest BCUT2D eigenvalue weighted by molar-refractivity contribution is 0.0941. The highest BCUT2D eigenvalue weighted by atomic mass is 19.1. The first-order chi connectivity index (χ1) is 16.2. The van der Waals surface area contributed by atoms with Crippen LogP contribution in [-0.2, 0) is 0 Å². The van der Waals surface area contributed by atoms with Crippen LogP contribution in [0.1, 0.15) is 74.2 Å². The van der Waals surface area contributed by atoms with E-state index in [9.17, 15) is 9.18 Å². The molecule has 3 heterocycles. The molecule has 0 aliphatic carbocycles. The van der Waals surface area contributed by atoms with Crippen LogP contribution in [-0.4, -0.2) is 58.8 Å². The van der Waals surface area contributed by atoms with Crippen molar-refractivity contribution in [2.75, 3.05) is 38.1 Å². The summed E-state index contributed by atoms with van der Waals surface area (Å²) in [6, 6.07) is 6.47. The van der Waals surface area contributed by atoms with Gasteiger partial charge in [-0.25, -0.2) is 14.1 Å². The number of nitrogens with one attached hydrogen (secondary N) is 1. The zero-order chi connectivity index (χ0) is 24.6. The molecule has 3 aromatic rings. The minimum atomic E-state index is -0.372. The molecule has 0 saturated carbocycles. The van der Waals surface area contributed by atoms with Crippen LogP contribution in [0.3, 0.4) is 0 Å². The number of pyridine rings is 1. The SMILES string of the molecule is CC(C)c1cc(C(=O)NC(C)c2cc(F)ccc2N2CCN(C)CC2)c2cnn(C(C)C)c2n1. The summed E-state index contributed by atoms with van der Waals surface area (Å²) in [5.74, 6) is -0.352. The molecule has 182 valence electrons. The van der Waals surface area contributed by atoms with Crippen LogP contribution < -0.4 is 10.2 Å². The van der Waals surface area contributed by atoms with E-state index in [1.165, 1.54) is 12.1 Å². The molecule has 1 N–H and O–H groups in total. The van der Waals surface area contributed by atoms with Gasteiger partial charge >= 0.3 is 0 Å². The van der Waals surface area contributed by atoms with E-state index in [1.54, 1.807) is 6.20 Å². The number of carbonyl (C=O) groups excluding carboxylic acids is 1. The van der Waals surface area contributed by atoms with Crippen molar-refractivity contribution in [3.8, 4) is 0 Å². The van der Waals surface area contributed by atoms with Gasteiger partial charge in [-0.1, -0.05) is 13.8 Å². The fourth-order valence-corrected chi connectivity index (χ4v) is 4.46. The first-order valence-corrected chi connectivity index (χ1v) is 12.1. The first kappa shape index (κ1) is 24.1. The molecule has 1 amide bonds. The zero-order valence-corrected chi connectivity index (χ0v) is 21.0. The monoisotopic (exact) mass is 466 g/mol. The van der Waals surface area contributed by atoms with Crippen molar-refractivity contribution >= 4 is 22.6 Å². The lowest BCUT2D eigenvalue weighted by Crippen LogP contribution is -2.45. The molecule has 7 nitrogen and oxygen atoms in total. The first-order valence-electron chi connectivity index (χ1n) is 12.1. The van der Waals surface area contributed by atoms with Gasteiger partial charge in [0.1, 0.15) is 5.82 Å². The molecular formula is C26H35FN6O. The van der Waals surface area contributed by atoms with Crippen LogP contribution in [0.15, 0.2) is 30.5 Å². The van der Waals surface area contributed by atoms with E-state index in [0.717, 1.165) is 48.5 Å². The predicted octanol–water partition coefficient (Wildman–Crippen LogP) is 4.52. The van der Waals surface area contributed by atoms with Crippen molar-refractivity contribution in [2.45, 2.75) is 52.6 Å². The van der Waals surface area contributed by atoms with Gasteiger partial charge in [0.05, 0.1) is 23.2 Å². The van der Waals surface area contributed by atoms with E-state index in [-0.39, 0.29) is 29.7 Å². The van der Waals surface area contributed by atoms with Gasteiger partial charge in [0.15, 0.2) is 5.65 Å². The molecule has 0 radical (unpaired) electrons. The molecule has 4 rings (SSSR count). The average Bonchev–Trinajstić information content (AvgIpc) is 3.23. The number of piperazine rings is 1. The van der Waals surface area contributed by atoms with Gasteiger partial charge < -0.3 is 15.1 Å². The molecule has 1 fully saturated rings. The van der Waals surface area contributed by atoms with Gasteiger partial charge in [-0.3, -0.25) is 4.79 Å². The van der Waals surface area contributed by atoms with E-state index in [0.29, 0.717) is 11.2 Å². The number of halogens is 1. The fraction of sp³-hybridized carbons (Fsp3) is 0.500. The second kappa shape index (κ2) is 9.70. The van der Waals surface area contributed by atoms with Gasteiger partial charge in [0, 0.05) is 49.2 Å². The Morgan fingerprint density at radius 1 is 1.06 bits per heavy atom. The largest absolute Gasteiger partial charge is 0.369 e. The smallest absolute Gasteiger partial charge is 0.252 e. The van der Waals surface area contributed by atoms with Crippen molar-refractivity contribution in [3.63, 3.8) is 0 Å². The Morgan fingerprint density at radius 2 is 1.76 bits per heavy atom. The molecule has 2 aromatic heterocycles. The summed E-state index contributed by atoms with van der Waals surface area (Å²) in [7, 11) is 2.11. The second-order valence-corrected chi connectivity index (χ2v) is 9.86. The van der Waals surface area contributed by atoms with Gasteiger partial charge in [0.2, 0.25) is 0 Å². The number of hydrogen-bond donors (Lipinski definition) is 1. The van der Waals surface area contributed by atoms with Crippen LogP contribution >= 0.6 is 0 Å². The molecule has 1 atom stereocenters. The Kier molecular flexibility index (Phi) is 6.89. The minimum absolute atomic E-state index is 0.126. The molecule has 34 heavy (non-hydrogen) atoms. The van der Waals surface area contributed by atoms with Crippen molar-refractivity contribution in [2.24, 2.45) is 0 Å². The number of aromatic nitrogens is 3. The van der Waals surface area contributed by atoms with Gasteiger partial charge in [-0.2, -0.15) is 5.10 Å². The molecule has 1 aromatic carbocycles. The number of carbonyl (C=O) groups is 1. The molecule has 8 heteroatoms. The van der Waals surface area contributed by atoms with Crippen molar-refractivity contribution in [1.82, 2.24) is 25.0 Å². The number of benzene rings is 1. The summed E-state index contributed by atoms with van der Waals surface area (Å²) in [5, 5.41) is 8.32.